The molecule has 1 amide bonds. The highest BCUT2D eigenvalue weighted by Crippen LogP contribution is 2.11. The Morgan fingerprint density at radius 2 is 2.14 bits per heavy atom. The Morgan fingerprint density at radius 3 is 2.86 bits per heavy atom. The van der Waals surface area contributed by atoms with Crippen molar-refractivity contribution in [2.45, 2.75) is 6.42 Å². The lowest BCUT2D eigenvalue weighted by molar-refractivity contribution is -0.146. The molecule has 106 valence electrons. The second kappa shape index (κ2) is 7.22. The molecule has 2 aromatic rings. The molecule has 0 saturated heterocycles. The summed E-state index contributed by atoms with van der Waals surface area (Å²) in [5.74, 6) is -0.886. The van der Waals surface area contributed by atoms with Crippen LogP contribution in [0.4, 0.5) is 5.69 Å². The molecule has 0 aliphatic rings. The Hall–Kier alpha value is -2.65. The Morgan fingerprint density at radius 1 is 1.29 bits per heavy atom. The second-order valence-electron chi connectivity index (χ2n) is 4.16. The van der Waals surface area contributed by atoms with E-state index in [0.29, 0.717) is 11.3 Å². The number of hydrogen-bond acceptors (Lipinski definition) is 5. The van der Waals surface area contributed by atoms with Crippen LogP contribution >= 0.6 is 11.3 Å². The highest BCUT2D eigenvalue weighted by atomic mass is 32.1. The summed E-state index contributed by atoms with van der Waals surface area (Å²) < 4.78 is 4.90. The third-order valence-electron chi connectivity index (χ3n) is 2.54. The minimum atomic E-state index is -0.446. The quantitative estimate of drug-likeness (QED) is 0.860. The minimum Gasteiger partial charge on any atom is -0.455 e. The van der Waals surface area contributed by atoms with Crippen LogP contribution in [0, 0.1) is 11.3 Å². The topological polar surface area (TPSA) is 79.2 Å². The molecule has 0 radical (unpaired) electrons. The number of ether oxygens (including phenoxy) is 1. The predicted molar refractivity (Wildman–Crippen MR) is 78.8 cm³/mol. The van der Waals surface area contributed by atoms with Crippen molar-refractivity contribution in [1.29, 1.82) is 5.26 Å². The number of benzene rings is 1. The number of esters is 1. The van der Waals surface area contributed by atoms with E-state index in [1.54, 1.807) is 24.3 Å². The first kappa shape index (κ1) is 14.8. The Balaban J connectivity index is 1.79. The first-order valence-corrected chi connectivity index (χ1v) is 7.03. The van der Waals surface area contributed by atoms with Crippen molar-refractivity contribution in [3.8, 4) is 6.07 Å². The fourth-order valence-corrected chi connectivity index (χ4v) is 2.31. The van der Waals surface area contributed by atoms with E-state index in [2.05, 4.69) is 5.32 Å². The first-order chi connectivity index (χ1) is 10.2. The fourth-order valence-electron chi connectivity index (χ4n) is 1.62. The Labute approximate surface area is 125 Å². The third-order valence-corrected chi connectivity index (χ3v) is 3.41. The zero-order valence-corrected chi connectivity index (χ0v) is 11.9. The van der Waals surface area contributed by atoms with Crippen molar-refractivity contribution in [2.24, 2.45) is 0 Å². The van der Waals surface area contributed by atoms with E-state index in [-0.39, 0.29) is 13.0 Å². The highest BCUT2D eigenvalue weighted by Gasteiger charge is 2.09. The number of rotatable bonds is 5. The van der Waals surface area contributed by atoms with Crippen molar-refractivity contribution in [3.63, 3.8) is 0 Å². The van der Waals surface area contributed by atoms with Crippen LogP contribution in [0.5, 0.6) is 0 Å². The van der Waals surface area contributed by atoms with Crippen molar-refractivity contribution < 1.29 is 14.3 Å². The lowest BCUT2D eigenvalue weighted by Gasteiger charge is -2.06. The highest BCUT2D eigenvalue weighted by molar-refractivity contribution is 7.10. The Kier molecular flexibility index (Phi) is 5.07. The number of nitrogens with one attached hydrogen (secondary N) is 1. The summed E-state index contributed by atoms with van der Waals surface area (Å²) in [6, 6.07) is 12.2. The maximum absolute atomic E-state index is 11.7. The molecule has 21 heavy (non-hydrogen) atoms. The number of amides is 1. The summed E-state index contributed by atoms with van der Waals surface area (Å²) in [6.45, 7) is -0.346. The molecule has 1 aromatic carbocycles. The average molecular weight is 300 g/mol. The lowest BCUT2D eigenvalue weighted by atomic mass is 10.2. The average Bonchev–Trinajstić information content (AvgIpc) is 2.98. The van der Waals surface area contributed by atoms with Gasteiger partial charge in [-0.25, -0.2) is 0 Å². The molecule has 0 unspecified atom stereocenters. The molecule has 6 heteroatoms. The molecule has 2 rings (SSSR count). The number of nitrogens with zero attached hydrogens (tertiary/aromatic N) is 1. The molecule has 0 bridgehead atoms. The summed E-state index contributed by atoms with van der Waals surface area (Å²) in [5.41, 5.74) is 0.941. The molecule has 0 atom stereocenters. The second-order valence-corrected chi connectivity index (χ2v) is 5.19. The summed E-state index contributed by atoms with van der Waals surface area (Å²) in [5, 5.41) is 13.2. The SMILES string of the molecule is N#Cc1cccc(NC(=O)COC(=O)Cc2cccs2)c1. The monoisotopic (exact) mass is 300 g/mol. The summed E-state index contributed by atoms with van der Waals surface area (Å²) >= 11 is 1.46. The van der Waals surface area contributed by atoms with Crippen molar-refractivity contribution in [3.05, 3.63) is 52.2 Å². The van der Waals surface area contributed by atoms with Crippen molar-refractivity contribution >= 4 is 28.9 Å². The molecular formula is C15H12N2O3S. The van der Waals surface area contributed by atoms with Gasteiger partial charge in [-0.1, -0.05) is 12.1 Å². The summed E-state index contributed by atoms with van der Waals surface area (Å²) in [4.78, 5) is 24.1. The van der Waals surface area contributed by atoms with Gasteiger partial charge in [0.05, 0.1) is 18.1 Å². The zero-order chi connectivity index (χ0) is 15.1. The van der Waals surface area contributed by atoms with E-state index >= 15 is 0 Å². The Bertz CT molecular complexity index is 674. The van der Waals surface area contributed by atoms with Gasteiger partial charge in [0, 0.05) is 10.6 Å². The van der Waals surface area contributed by atoms with Gasteiger partial charge in [-0.2, -0.15) is 5.26 Å². The predicted octanol–water partition coefficient (Wildman–Crippen LogP) is 2.34. The van der Waals surface area contributed by atoms with E-state index < -0.39 is 11.9 Å². The maximum atomic E-state index is 11.7. The van der Waals surface area contributed by atoms with E-state index in [9.17, 15) is 9.59 Å². The van der Waals surface area contributed by atoms with Gasteiger partial charge >= 0.3 is 5.97 Å². The zero-order valence-electron chi connectivity index (χ0n) is 11.0. The van der Waals surface area contributed by atoms with Crippen molar-refractivity contribution in [1.82, 2.24) is 0 Å². The van der Waals surface area contributed by atoms with E-state index in [0.717, 1.165) is 4.88 Å². The largest absolute Gasteiger partial charge is 0.455 e. The van der Waals surface area contributed by atoms with Crippen LogP contribution in [0.3, 0.4) is 0 Å². The fraction of sp³-hybridized carbons (Fsp3) is 0.133. The normalized spacial score (nSPS) is 9.67. The van der Waals surface area contributed by atoms with Gasteiger partial charge in [-0.3, -0.25) is 9.59 Å². The molecule has 1 aromatic heterocycles. The lowest BCUT2D eigenvalue weighted by Crippen LogP contribution is -2.21. The van der Waals surface area contributed by atoms with E-state index in [1.165, 1.54) is 11.3 Å². The van der Waals surface area contributed by atoms with Crippen LogP contribution in [0.1, 0.15) is 10.4 Å². The molecule has 0 saturated carbocycles. The van der Waals surface area contributed by atoms with Gasteiger partial charge in [0.1, 0.15) is 0 Å². The van der Waals surface area contributed by atoms with Gasteiger partial charge in [0.25, 0.3) is 5.91 Å². The van der Waals surface area contributed by atoms with Crippen LogP contribution < -0.4 is 5.32 Å². The van der Waals surface area contributed by atoms with Crippen LogP contribution in [0.15, 0.2) is 41.8 Å². The summed E-state index contributed by atoms with van der Waals surface area (Å²) in [6.07, 6.45) is 0.162. The smallest absolute Gasteiger partial charge is 0.311 e. The van der Waals surface area contributed by atoms with Crippen molar-refractivity contribution in [2.75, 3.05) is 11.9 Å². The van der Waals surface area contributed by atoms with Crippen LogP contribution in [0.2, 0.25) is 0 Å². The number of carbonyl (C=O) groups excluding carboxylic acids is 2. The third kappa shape index (κ3) is 4.75. The van der Waals surface area contributed by atoms with Gasteiger partial charge in [0.2, 0.25) is 0 Å². The number of hydrogen-bond donors (Lipinski definition) is 1. The van der Waals surface area contributed by atoms with Crippen LogP contribution in [-0.2, 0) is 20.7 Å². The molecule has 1 N–H and O–H groups in total. The minimum absolute atomic E-state index is 0.162. The molecule has 0 fully saturated rings. The molecule has 0 aliphatic carbocycles. The first-order valence-electron chi connectivity index (χ1n) is 6.15. The summed E-state index contributed by atoms with van der Waals surface area (Å²) in [7, 11) is 0. The number of thiophene rings is 1. The molecule has 0 aliphatic heterocycles. The number of carbonyl (C=O) groups is 2. The molecule has 1 heterocycles. The van der Waals surface area contributed by atoms with Crippen LogP contribution in [0.25, 0.3) is 0 Å². The standard InChI is InChI=1S/C15H12N2O3S/c16-9-11-3-1-4-12(7-11)17-14(18)10-20-15(19)8-13-5-2-6-21-13/h1-7H,8,10H2,(H,17,18). The number of anilines is 1. The van der Waals surface area contributed by atoms with E-state index in [1.807, 2.05) is 23.6 Å². The number of nitriles is 1. The molecule has 0 spiro atoms. The van der Waals surface area contributed by atoms with Gasteiger partial charge in [0.15, 0.2) is 6.61 Å². The maximum Gasteiger partial charge on any atom is 0.311 e. The molecular weight excluding hydrogens is 288 g/mol. The van der Waals surface area contributed by atoms with Gasteiger partial charge in [-0.05, 0) is 29.6 Å². The van der Waals surface area contributed by atoms with Gasteiger partial charge in [-0.15, -0.1) is 11.3 Å². The molecule has 5 nitrogen and oxygen atoms in total. The van der Waals surface area contributed by atoms with E-state index in [4.69, 9.17) is 10.00 Å². The van der Waals surface area contributed by atoms with Gasteiger partial charge < -0.3 is 10.1 Å². The van der Waals surface area contributed by atoms with Crippen LogP contribution in [-0.4, -0.2) is 18.5 Å².